The fourth-order valence-electron chi connectivity index (χ4n) is 1.20. The molecular formula is C10H21NO2S. The lowest BCUT2D eigenvalue weighted by atomic mass is 9.86. The Labute approximate surface area is 90.8 Å². The van der Waals surface area contributed by atoms with Gasteiger partial charge < -0.3 is 10.5 Å². The number of ether oxygens (including phenoxy) is 1. The van der Waals surface area contributed by atoms with Crippen molar-refractivity contribution in [3.05, 3.63) is 0 Å². The van der Waals surface area contributed by atoms with Crippen molar-refractivity contribution in [3.63, 3.8) is 0 Å². The zero-order valence-corrected chi connectivity index (χ0v) is 10.2. The Morgan fingerprint density at radius 3 is 2.64 bits per heavy atom. The molecule has 84 valence electrons. The van der Waals surface area contributed by atoms with E-state index in [0.717, 1.165) is 18.6 Å². The fraction of sp³-hybridized carbons (Fsp3) is 0.900. The van der Waals surface area contributed by atoms with E-state index < -0.39 is 5.41 Å². The summed E-state index contributed by atoms with van der Waals surface area (Å²) in [5.41, 5.74) is 5.12. The van der Waals surface area contributed by atoms with Gasteiger partial charge in [0.15, 0.2) is 0 Å². The number of esters is 1. The molecule has 0 radical (unpaired) electrons. The van der Waals surface area contributed by atoms with Gasteiger partial charge in [-0.1, -0.05) is 0 Å². The molecule has 0 aliphatic heterocycles. The van der Waals surface area contributed by atoms with Crippen molar-refractivity contribution in [2.24, 2.45) is 11.1 Å². The first kappa shape index (κ1) is 13.8. The Morgan fingerprint density at radius 1 is 1.57 bits per heavy atom. The average molecular weight is 219 g/mol. The van der Waals surface area contributed by atoms with Gasteiger partial charge in [0.25, 0.3) is 0 Å². The summed E-state index contributed by atoms with van der Waals surface area (Å²) in [6, 6.07) is 0. The second-order valence-corrected chi connectivity index (χ2v) is 4.57. The minimum Gasteiger partial charge on any atom is -0.466 e. The van der Waals surface area contributed by atoms with Gasteiger partial charge in [-0.05, 0) is 38.7 Å². The van der Waals surface area contributed by atoms with E-state index in [1.54, 1.807) is 11.8 Å². The first-order chi connectivity index (χ1) is 6.60. The van der Waals surface area contributed by atoms with Crippen LogP contribution in [0.1, 0.15) is 26.7 Å². The van der Waals surface area contributed by atoms with Crippen molar-refractivity contribution in [3.8, 4) is 0 Å². The van der Waals surface area contributed by atoms with Crippen molar-refractivity contribution in [2.75, 3.05) is 25.2 Å². The van der Waals surface area contributed by atoms with Crippen molar-refractivity contribution < 1.29 is 9.53 Å². The summed E-state index contributed by atoms with van der Waals surface area (Å²) in [6.45, 7) is 4.49. The third kappa shape index (κ3) is 4.33. The van der Waals surface area contributed by atoms with Crippen molar-refractivity contribution in [1.29, 1.82) is 0 Å². The van der Waals surface area contributed by atoms with Crippen LogP contribution in [0.15, 0.2) is 0 Å². The van der Waals surface area contributed by atoms with Crippen molar-refractivity contribution >= 4 is 17.7 Å². The van der Waals surface area contributed by atoms with Crippen LogP contribution in [0.5, 0.6) is 0 Å². The Kier molecular flexibility index (Phi) is 7.01. The zero-order valence-electron chi connectivity index (χ0n) is 9.34. The molecular weight excluding hydrogens is 198 g/mol. The Balaban J connectivity index is 4.09. The SMILES string of the molecule is CCOC(=O)C(C)(CN)CCCSC. The number of rotatable bonds is 7. The predicted molar refractivity (Wildman–Crippen MR) is 61.4 cm³/mol. The van der Waals surface area contributed by atoms with Crippen LogP contribution in [0, 0.1) is 5.41 Å². The summed E-state index contributed by atoms with van der Waals surface area (Å²) in [6.07, 6.45) is 3.88. The minimum absolute atomic E-state index is 0.163. The quantitative estimate of drug-likeness (QED) is 0.522. The lowest BCUT2D eigenvalue weighted by Crippen LogP contribution is -2.37. The van der Waals surface area contributed by atoms with Gasteiger partial charge in [0.05, 0.1) is 12.0 Å². The molecule has 0 aliphatic carbocycles. The van der Waals surface area contributed by atoms with Crippen LogP contribution in [0.25, 0.3) is 0 Å². The van der Waals surface area contributed by atoms with E-state index in [1.165, 1.54) is 0 Å². The fourth-order valence-corrected chi connectivity index (χ4v) is 1.63. The van der Waals surface area contributed by atoms with E-state index >= 15 is 0 Å². The molecule has 0 amide bonds. The van der Waals surface area contributed by atoms with Gasteiger partial charge in [-0.15, -0.1) is 0 Å². The number of thioether (sulfide) groups is 1. The van der Waals surface area contributed by atoms with Crippen LogP contribution in [0.4, 0.5) is 0 Å². The maximum Gasteiger partial charge on any atom is 0.313 e. The van der Waals surface area contributed by atoms with Crippen molar-refractivity contribution in [1.82, 2.24) is 0 Å². The van der Waals surface area contributed by atoms with E-state index in [-0.39, 0.29) is 5.97 Å². The van der Waals surface area contributed by atoms with Gasteiger partial charge >= 0.3 is 5.97 Å². The topological polar surface area (TPSA) is 52.3 Å². The summed E-state index contributed by atoms with van der Waals surface area (Å²) in [7, 11) is 0. The summed E-state index contributed by atoms with van der Waals surface area (Å²) in [5.74, 6) is 0.901. The molecule has 0 heterocycles. The Morgan fingerprint density at radius 2 is 2.21 bits per heavy atom. The van der Waals surface area contributed by atoms with E-state index in [2.05, 4.69) is 6.26 Å². The van der Waals surface area contributed by atoms with Crippen LogP contribution < -0.4 is 5.73 Å². The number of nitrogens with two attached hydrogens (primary N) is 1. The monoisotopic (exact) mass is 219 g/mol. The van der Waals surface area contributed by atoms with Crippen LogP contribution in [-0.4, -0.2) is 31.1 Å². The molecule has 0 aromatic carbocycles. The molecule has 1 atom stereocenters. The highest BCUT2D eigenvalue weighted by atomic mass is 32.2. The van der Waals surface area contributed by atoms with Crippen LogP contribution >= 0.6 is 11.8 Å². The molecule has 0 rings (SSSR count). The van der Waals surface area contributed by atoms with Crippen LogP contribution in [0.2, 0.25) is 0 Å². The summed E-state index contributed by atoms with van der Waals surface area (Å²) in [4.78, 5) is 11.6. The summed E-state index contributed by atoms with van der Waals surface area (Å²) >= 11 is 1.78. The lowest BCUT2D eigenvalue weighted by molar-refractivity contribution is -0.154. The largest absolute Gasteiger partial charge is 0.466 e. The van der Waals surface area contributed by atoms with Gasteiger partial charge in [0.2, 0.25) is 0 Å². The zero-order chi connectivity index (χ0) is 11.0. The highest BCUT2D eigenvalue weighted by Crippen LogP contribution is 2.24. The lowest BCUT2D eigenvalue weighted by Gasteiger charge is -2.25. The second-order valence-electron chi connectivity index (χ2n) is 3.58. The molecule has 3 nitrogen and oxygen atoms in total. The molecule has 14 heavy (non-hydrogen) atoms. The van der Waals surface area contributed by atoms with Gasteiger partial charge in [-0.25, -0.2) is 0 Å². The van der Waals surface area contributed by atoms with Gasteiger partial charge in [0.1, 0.15) is 0 Å². The number of carbonyl (C=O) groups is 1. The predicted octanol–water partition coefficient (Wildman–Crippen LogP) is 1.66. The molecule has 0 aromatic heterocycles. The Hall–Kier alpha value is -0.220. The van der Waals surface area contributed by atoms with Gasteiger partial charge in [0, 0.05) is 6.54 Å². The summed E-state index contributed by atoms with van der Waals surface area (Å²) < 4.78 is 5.00. The number of hydrogen-bond donors (Lipinski definition) is 1. The van der Waals surface area contributed by atoms with Crippen molar-refractivity contribution in [2.45, 2.75) is 26.7 Å². The molecule has 0 bridgehead atoms. The molecule has 0 aliphatic rings. The molecule has 0 saturated heterocycles. The first-order valence-electron chi connectivity index (χ1n) is 4.97. The highest BCUT2D eigenvalue weighted by Gasteiger charge is 2.32. The standard InChI is InChI=1S/C10H21NO2S/c1-4-13-9(12)10(2,8-11)6-5-7-14-3/h4-8,11H2,1-3H3. The normalized spacial score (nSPS) is 14.9. The van der Waals surface area contributed by atoms with E-state index in [0.29, 0.717) is 13.2 Å². The number of hydrogen-bond acceptors (Lipinski definition) is 4. The maximum atomic E-state index is 11.6. The minimum atomic E-state index is -0.494. The Bertz CT molecular complexity index is 176. The molecule has 0 aromatic rings. The smallest absolute Gasteiger partial charge is 0.313 e. The second kappa shape index (κ2) is 7.12. The van der Waals surface area contributed by atoms with Crippen LogP contribution in [-0.2, 0) is 9.53 Å². The molecule has 0 spiro atoms. The third-order valence-corrected chi connectivity index (χ3v) is 2.99. The number of carbonyl (C=O) groups excluding carboxylic acids is 1. The first-order valence-corrected chi connectivity index (χ1v) is 6.36. The summed E-state index contributed by atoms with van der Waals surface area (Å²) in [5, 5.41) is 0. The molecule has 2 N–H and O–H groups in total. The van der Waals surface area contributed by atoms with E-state index in [4.69, 9.17) is 10.5 Å². The van der Waals surface area contributed by atoms with E-state index in [1.807, 2.05) is 13.8 Å². The average Bonchev–Trinajstić information content (AvgIpc) is 2.18. The molecule has 0 saturated carbocycles. The van der Waals surface area contributed by atoms with Gasteiger partial charge in [-0.2, -0.15) is 11.8 Å². The molecule has 4 heteroatoms. The molecule has 1 unspecified atom stereocenters. The highest BCUT2D eigenvalue weighted by molar-refractivity contribution is 7.98. The third-order valence-electron chi connectivity index (χ3n) is 2.30. The van der Waals surface area contributed by atoms with E-state index in [9.17, 15) is 4.79 Å². The molecule has 0 fully saturated rings. The maximum absolute atomic E-state index is 11.6. The van der Waals surface area contributed by atoms with Gasteiger partial charge in [-0.3, -0.25) is 4.79 Å². The van der Waals surface area contributed by atoms with Crippen LogP contribution in [0.3, 0.4) is 0 Å².